The molecular weight excluding hydrogens is 769 g/mol. The van der Waals surface area contributed by atoms with E-state index in [9.17, 15) is 0 Å². The minimum atomic E-state index is -0.405. The van der Waals surface area contributed by atoms with Gasteiger partial charge in [-0.2, -0.15) is 0 Å². The number of fused-ring (bicyclic) bond motifs is 17. The van der Waals surface area contributed by atoms with Crippen molar-refractivity contribution >= 4 is 43.7 Å². The quantitative estimate of drug-likeness (QED) is 0.178. The smallest absolute Gasteiger partial charge is 0.164 e. The molecule has 292 valence electrons. The van der Waals surface area contributed by atoms with Crippen LogP contribution in [-0.4, -0.2) is 19.5 Å². The lowest BCUT2D eigenvalue weighted by molar-refractivity contribution is 0.669. The minimum absolute atomic E-state index is 0.405. The highest BCUT2D eigenvalue weighted by molar-refractivity contribution is 6.19. The molecule has 0 saturated heterocycles. The number of benzene rings is 9. The van der Waals surface area contributed by atoms with Gasteiger partial charge in [0.1, 0.15) is 11.2 Å². The molecule has 9 aromatic carbocycles. The number of rotatable bonds is 4. The van der Waals surface area contributed by atoms with Crippen molar-refractivity contribution in [3.05, 3.63) is 229 Å². The summed E-state index contributed by atoms with van der Waals surface area (Å²) >= 11 is 0. The van der Waals surface area contributed by atoms with Crippen molar-refractivity contribution in [2.24, 2.45) is 0 Å². The van der Waals surface area contributed by atoms with Crippen LogP contribution in [0.2, 0.25) is 0 Å². The van der Waals surface area contributed by atoms with Crippen molar-refractivity contribution in [3.8, 4) is 62.1 Å². The summed E-state index contributed by atoms with van der Waals surface area (Å²) in [5.74, 6) is 1.84. The van der Waals surface area contributed by atoms with Crippen LogP contribution in [-0.2, 0) is 5.41 Å². The first-order valence-electron chi connectivity index (χ1n) is 21.4. The van der Waals surface area contributed by atoms with E-state index in [1.165, 1.54) is 60.8 Å². The van der Waals surface area contributed by atoms with E-state index < -0.39 is 5.41 Å². The average Bonchev–Trinajstić information content (AvgIpc) is 4.08. The predicted molar refractivity (Wildman–Crippen MR) is 254 cm³/mol. The molecule has 0 atom stereocenters. The molecule has 0 unspecified atom stereocenters. The lowest BCUT2D eigenvalue weighted by Gasteiger charge is -2.30. The molecule has 3 heterocycles. The molecule has 5 nitrogen and oxygen atoms in total. The van der Waals surface area contributed by atoms with Crippen LogP contribution in [0.3, 0.4) is 0 Å². The maximum atomic E-state index is 6.15. The van der Waals surface area contributed by atoms with Gasteiger partial charge < -0.3 is 8.98 Å². The molecular formula is C58H34N4O. The summed E-state index contributed by atoms with van der Waals surface area (Å²) in [6, 6.07) is 73.8. The highest BCUT2D eigenvalue weighted by Gasteiger charge is 2.52. The van der Waals surface area contributed by atoms with E-state index in [0.717, 1.165) is 49.8 Å². The van der Waals surface area contributed by atoms with Crippen molar-refractivity contribution in [3.63, 3.8) is 0 Å². The van der Waals surface area contributed by atoms with Crippen molar-refractivity contribution < 1.29 is 4.42 Å². The zero-order valence-corrected chi connectivity index (χ0v) is 33.8. The first kappa shape index (κ1) is 34.3. The molecule has 2 aliphatic rings. The number of hydrogen-bond acceptors (Lipinski definition) is 4. The average molecular weight is 803 g/mol. The van der Waals surface area contributed by atoms with E-state index in [1.807, 2.05) is 60.7 Å². The maximum Gasteiger partial charge on any atom is 0.164 e. The second-order valence-electron chi connectivity index (χ2n) is 16.6. The topological polar surface area (TPSA) is 56.7 Å². The van der Waals surface area contributed by atoms with Crippen molar-refractivity contribution in [1.82, 2.24) is 19.5 Å². The van der Waals surface area contributed by atoms with Crippen LogP contribution in [0, 0.1) is 0 Å². The van der Waals surface area contributed by atoms with E-state index in [0.29, 0.717) is 17.5 Å². The summed E-state index contributed by atoms with van der Waals surface area (Å²) in [5.41, 5.74) is 18.0. The third-order valence-corrected chi connectivity index (χ3v) is 13.5. The summed E-state index contributed by atoms with van der Waals surface area (Å²) in [7, 11) is 0. The zero-order chi connectivity index (χ0) is 41.2. The van der Waals surface area contributed by atoms with E-state index >= 15 is 0 Å². The summed E-state index contributed by atoms with van der Waals surface area (Å²) in [4.78, 5) is 15.2. The SMILES string of the molecule is c1ccc(-c2nc(-c3ccc(-n4c5ccccc5c5c6c(ccc54)C4(c5ccccc5-c5ccccc54)c4ccccc4-6)cc3)nc(-c3ccc4oc5ccccc5c4c3)n2)cc1. The van der Waals surface area contributed by atoms with Crippen molar-refractivity contribution in [1.29, 1.82) is 0 Å². The highest BCUT2D eigenvalue weighted by atomic mass is 16.3. The lowest BCUT2D eigenvalue weighted by Crippen LogP contribution is -2.25. The first-order chi connectivity index (χ1) is 31.2. The third kappa shape index (κ3) is 4.68. The molecule has 0 fully saturated rings. The summed E-state index contributed by atoms with van der Waals surface area (Å²) in [5, 5.41) is 4.60. The molecule has 0 aliphatic heterocycles. The number of aromatic nitrogens is 4. The summed E-state index contributed by atoms with van der Waals surface area (Å²) in [6.07, 6.45) is 0. The Hall–Kier alpha value is -8.41. The maximum absolute atomic E-state index is 6.15. The second-order valence-corrected chi connectivity index (χ2v) is 16.6. The zero-order valence-electron chi connectivity index (χ0n) is 33.8. The lowest BCUT2D eigenvalue weighted by atomic mass is 9.70. The number of para-hydroxylation sites is 2. The third-order valence-electron chi connectivity index (χ3n) is 13.5. The fraction of sp³-hybridized carbons (Fsp3) is 0.0172. The fourth-order valence-corrected chi connectivity index (χ4v) is 10.9. The van der Waals surface area contributed by atoms with Crippen molar-refractivity contribution in [2.45, 2.75) is 5.41 Å². The molecule has 14 rings (SSSR count). The van der Waals surface area contributed by atoms with Gasteiger partial charge >= 0.3 is 0 Å². The Morgan fingerprint density at radius 3 is 1.63 bits per heavy atom. The molecule has 0 N–H and O–H groups in total. The van der Waals surface area contributed by atoms with Gasteiger partial charge in [-0.05, 0) is 105 Å². The molecule has 12 aromatic rings. The molecule has 3 aromatic heterocycles. The number of hydrogen-bond donors (Lipinski definition) is 0. The molecule has 0 bridgehead atoms. The van der Waals surface area contributed by atoms with Crippen LogP contribution in [0.5, 0.6) is 0 Å². The van der Waals surface area contributed by atoms with Gasteiger partial charge in [-0.15, -0.1) is 0 Å². The van der Waals surface area contributed by atoms with Crippen LogP contribution in [0.15, 0.2) is 211 Å². The monoisotopic (exact) mass is 802 g/mol. The van der Waals surface area contributed by atoms with Crippen molar-refractivity contribution in [2.75, 3.05) is 0 Å². The second kappa shape index (κ2) is 12.8. The van der Waals surface area contributed by atoms with Gasteiger partial charge in [-0.3, -0.25) is 0 Å². The van der Waals surface area contributed by atoms with Gasteiger partial charge in [0.15, 0.2) is 17.5 Å². The fourth-order valence-electron chi connectivity index (χ4n) is 10.9. The van der Waals surface area contributed by atoms with Crippen LogP contribution in [0.4, 0.5) is 0 Å². The molecule has 63 heavy (non-hydrogen) atoms. The summed E-state index contributed by atoms with van der Waals surface area (Å²) in [6.45, 7) is 0. The van der Waals surface area contributed by atoms with Gasteiger partial charge in [-0.25, -0.2) is 15.0 Å². The van der Waals surface area contributed by atoms with Gasteiger partial charge in [0.2, 0.25) is 0 Å². The minimum Gasteiger partial charge on any atom is -0.456 e. The Kier molecular flexibility index (Phi) is 6.97. The van der Waals surface area contributed by atoms with Gasteiger partial charge in [0.05, 0.1) is 16.4 Å². The van der Waals surface area contributed by atoms with E-state index in [2.05, 4.69) is 150 Å². The molecule has 1 spiro atoms. The van der Waals surface area contributed by atoms with E-state index in [4.69, 9.17) is 19.4 Å². The normalized spacial score (nSPS) is 13.2. The van der Waals surface area contributed by atoms with Gasteiger partial charge in [-0.1, -0.05) is 146 Å². The van der Waals surface area contributed by atoms with E-state index in [1.54, 1.807) is 0 Å². The molecule has 5 heteroatoms. The predicted octanol–water partition coefficient (Wildman–Crippen LogP) is 14.2. The Balaban J connectivity index is 0.944. The van der Waals surface area contributed by atoms with Crippen LogP contribution < -0.4 is 0 Å². The van der Waals surface area contributed by atoms with Crippen LogP contribution in [0.25, 0.3) is 106 Å². The summed E-state index contributed by atoms with van der Waals surface area (Å²) < 4.78 is 8.57. The largest absolute Gasteiger partial charge is 0.456 e. The van der Waals surface area contributed by atoms with Crippen LogP contribution in [0.1, 0.15) is 22.3 Å². The Labute approximate surface area is 362 Å². The van der Waals surface area contributed by atoms with Gasteiger partial charge in [0.25, 0.3) is 0 Å². The van der Waals surface area contributed by atoms with Crippen LogP contribution >= 0.6 is 0 Å². The molecule has 0 amide bonds. The Bertz CT molecular complexity index is 3810. The standard InChI is InChI=1S/C58H34N4O/c1-2-14-35(15-3-1)55-59-56(61-57(60-55)37-28-33-52-44(34-37)41-18-8-13-25-51(41)63-52)36-26-29-38(30-27-36)62-49-24-12-7-20-43(49)54-50(62)32-31-48-53(54)42-19-6-11-23-47(42)58(48)45-21-9-4-16-39(45)40-17-5-10-22-46(40)58/h1-34H. The molecule has 0 radical (unpaired) electrons. The highest BCUT2D eigenvalue weighted by Crippen LogP contribution is 2.64. The first-order valence-corrected chi connectivity index (χ1v) is 21.4. The van der Waals surface area contributed by atoms with E-state index in [-0.39, 0.29) is 0 Å². The van der Waals surface area contributed by atoms with Gasteiger partial charge in [0, 0.05) is 43.9 Å². The number of nitrogens with zero attached hydrogens (tertiary/aromatic N) is 4. The number of furan rings is 1. The molecule has 0 saturated carbocycles. The Morgan fingerprint density at radius 1 is 0.365 bits per heavy atom. The molecule has 2 aliphatic carbocycles. The Morgan fingerprint density at radius 2 is 0.905 bits per heavy atom.